The van der Waals surface area contributed by atoms with Crippen molar-refractivity contribution in [3.63, 3.8) is 0 Å². The quantitative estimate of drug-likeness (QED) is 0.490. The Hall–Kier alpha value is -2.58. The van der Waals surface area contributed by atoms with E-state index in [2.05, 4.69) is 84.6 Å². The highest BCUT2D eigenvalue weighted by molar-refractivity contribution is 5.28. The van der Waals surface area contributed by atoms with Crippen LogP contribution in [0.3, 0.4) is 0 Å². The van der Waals surface area contributed by atoms with E-state index in [1.165, 1.54) is 22.3 Å². The first-order valence-corrected chi connectivity index (χ1v) is 9.68. The van der Waals surface area contributed by atoms with Crippen molar-refractivity contribution in [3.05, 3.63) is 101 Å². The molecule has 0 N–H and O–H groups in total. The lowest BCUT2D eigenvalue weighted by Gasteiger charge is -2.23. The Bertz CT molecular complexity index is 811. The van der Waals surface area contributed by atoms with E-state index < -0.39 is 0 Å². The highest BCUT2D eigenvalue weighted by atomic mass is 16.5. The van der Waals surface area contributed by atoms with Crippen LogP contribution in [0.15, 0.2) is 78.9 Å². The first-order valence-electron chi connectivity index (χ1n) is 9.68. The molecule has 0 saturated heterocycles. The summed E-state index contributed by atoms with van der Waals surface area (Å²) in [4.78, 5) is 2.53. The van der Waals surface area contributed by atoms with Crippen molar-refractivity contribution in [3.8, 4) is 5.75 Å². The maximum atomic E-state index is 5.39. The molecule has 3 rings (SSSR count). The molecule has 0 atom stereocenters. The Morgan fingerprint density at radius 3 is 2.19 bits per heavy atom. The topological polar surface area (TPSA) is 12.5 Å². The van der Waals surface area contributed by atoms with Crippen LogP contribution in [-0.4, -0.2) is 18.6 Å². The lowest BCUT2D eigenvalue weighted by molar-refractivity contribution is 0.253. The van der Waals surface area contributed by atoms with Crippen LogP contribution in [0.25, 0.3) is 0 Å². The Balaban J connectivity index is 1.66. The lowest BCUT2D eigenvalue weighted by atomic mass is 10.1. The van der Waals surface area contributed by atoms with Gasteiger partial charge in [-0.25, -0.2) is 0 Å². The van der Waals surface area contributed by atoms with Crippen LogP contribution < -0.4 is 4.74 Å². The Morgan fingerprint density at radius 2 is 1.44 bits per heavy atom. The second kappa shape index (κ2) is 9.94. The van der Waals surface area contributed by atoms with Crippen LogP contribution in [0.4, 0.5) is 0 Å². The second-order valence-electron chi connectivity index (χ2n) is 7.14. The first-order chi connectivity index (χ1) is 13.2. The molecular weight excluding hydrogens is 330 g/mol. The molecule has 0 heterocycles. The Kier molecular flexibility index (Phi) is 7.06. The second-order valence-corrected chi connectivity index (χ2v) is 7.14. The molecule has 0 spiro atoms. The number of benzene rings is 3. The van der Waals surface area contributed by atoms with Gasteiger partial charge in [0.15, 0.2) is 0 Å². The van der Waals surface area contributed by atoms with Gasteiger partial charge in [-0.05, 0) is 55.1 Å². The molecule has 0 aromatic heterocycles. The molecular formula is C25H29NO. The molecule has 0 aliphatic heterocycles. The highest BCUT2D eigenvalue weighted by Gasteiger charge is 2.08. The average molecular weight is 360 g/mol. The summed E-state index contributed by atoms with van der Waals surface area (Å²) >= 11 is 0. The monoisotopic (exact) mass is 359 g/mol. The van der Waals surface area contributed by atoms with E-state index in [9.17, 15) is 0 Å². The van der Waals surface area contributed by atoms with Gasteiger partial charge in [-0.2, -0.15) is 0 Å². The van der Waals surface area contributed by atoms with Crippen LogP contribution in [-0.2, 0) is 19.5 Å². The summed E-state index contributed by atoms with van der Waals surface area (Å²) in [5, 5.41) is 0. The predicted octanol–water partition coefficient (Wildman–Crippen LogP) is 5.64. The van der Waals surface area contributed by atoms with E-state index in [-0.39, 0.29) is 0 Å². The van der Waals surface area contributed by atoms with Gasteiger partial charge >= 0.3 is 0 Å². The molecule has 0 saturated carbocycles. The zero-order valence-electron chi connectivity index (χ0n) is 16.4. The highest BCUT2D eigenvalue weighted by Crippen LogP contribution is 2.17. The molecule has 0 fully saturated rings. The van der Waals surface area contributed by atoms with E-state index in [0.29, 0.717) is 0 Å². The fourth-order valence-electron chi connectivity index (χ4n) is 3.35. The molecule has 0 amide bonds. The Labute approximate surface area is 163 Å². The van der Waals surface area contributed by atoms with Crippen molar-refractivity contribution in [1.29, 1.82) is 0 Å². The first kappa shape index (κ1) is 19.2. The summed E-state index contributed by atoms with van der Waals surface area (Å²) in [5.41, 5.74) is 5.38. The SMILES string of the molecule is COc1cccc(CN(CCCc2ccccc2)Cc2ccc(C)cc2)c1. The van der Waals surface area contributed by atoms with Crippen LogP contribution in [0.2, 0.25) is 0 Å². The molecule has 2 heteroatoms. The molecule has 3 aromatic rings. The van der Waals surface area contributed by atoms with Crippen molar-refractivity contribution in [2.24, 2.45) is 0 Å². The molecule has 0 unspecified atom stereocenters. The average Bonchev–Trinajstić information content (AvgIpc) is 2.70. The van der Waals surface area contributed by atoms with Gasteiger partial charge in [0.2, 0.25) is 0 Å². The maximum Gasteiger partial charge on any atom is 0.119 e. The third kappa shape index (κ3) is 6.26. The third-order valence-electron chi connectivity index (χ3n) is 4.85. The molecule has 2 nitrogen and oxygen atoms in total. The van der Waals surface area contributed by atoms with Gasteiger partial charge in [-0.3, -0.25) is 4.90 Å². The van der Waals surface area contributed by atoms with Gasteiger partial charge < -0.3 is 4.74 Å². The number of nitrogens with zero attached hydrogens (tertiary/aromatic N) is 1. The van der Waals surface area contributed by atoms with Crippen LogP contribution >= 0.6 is 0 Å². The number of rotatable bonds is 9. The van der Waals surface area contributed by atoms with E-state index in [1.807, 2.05) is 6.07 Å². The summed E-state index contributed by atoms with van der Waals surface area (Å²) in [6.07, 6.45) is 2.27. The summed E-state index contributed by atoms with van der Waals surface area (Å²) in [7, 11) is 1.73. The lowest BCUT2D eigenvalue weighted by Crippen LogP contribution is -2.24. The molecule has 3 aromatic carbocycles. The Morgan fingerprint density at radius 1 is 0.741 bits per heavy atom. The van der Waals surface area contributed by atoms with Gasteiger partial charge in [-0.1, -0.05) is 72.3 Å². The molecule has 0 aliphatic rings. The number of ether oxygens (including phenoxy) is 1. The van der Waals surface area contributed by atoms with Crippen LogP contribution in [0, 0.1) is 6.92 Å². The van der Waals surface area contributed by atoms with E-state index in [4.69, 9.17) is 4.74 Å². The zero-order valence-corrected chi connectivity index (χ0v) is 16.4. The molecule has 27 heavy (non-hydrogen) atoms. The summed E-state index contributed by atoms with van der Waals surface area (Å²) < 4.78 is 5.39. The summed E-state index contributed by atoms with van der Waals surface area (Å²) in [6, 6.07) is 28.0. The van der Waals surface area contributed by atoms with Gasteiger partial charge in [0.1, 0.15) is 5.75 Å². The smallest absolute Gasteiger partial charge is 0.119 e. The minimum Gasteiger partial charge on any atom is -0.497 e. The van der Waals surface area contributed by atoms with Gasteiger partial charge in [0.25, 0.3) is 0 Å². The fourth-order valence-corrected chi connectivity index (χ4v) is 3.35. The van der Waals surface area contributed by atoms with Gasteiger partial charge in [0, 0.05) is 13.1 Å². The van der Waals surface area contributed by atoms with Gasteiger partial charge in [0.05, 0.1) is 7.11 Å². The fraction of sp³-hybridized carbons (Fsp3) is 0.280. The summed E-state index contributed by atoms with van der Waals surface area (Å²) in [5.74, 6) is 0.923. The minimum atomic E-state index is 0.923. The predicted molar refractivity (Wildman–Crippen MR) is 113 cm³/mol. The molecule has 0 bridgehead atoms. The number of hydrogen-bond acceptors (Lipinski definition) is 2. The third-order valence-corrected chi connectivity index (χ3v) is 4.85. The molecule has 0 radical (unpaired) electrons. The van der Waals surface area contributed by atoms with Crippen molar-refractivity contribution >= 4 is 0 Å². The number of hydrogen-bond donors (Lipinski definition) is 0. The van der Waals surface area contributed by atoms with Crippen LogP contribution in [0.1, 0.15) is 28.7 Å². The normalized spacial score (nSPS) is 10.9. The van der Waals surface area contributed by atoms with E-state index in [0.717, 1.165) is 38.2 Å². The minimum absolute atomic E-state index is 0.923. The maximum absolute atomic E-state index is 5.39. The zero-order chi connectivity index (χ0) is 18.9. The number of methoxy groups -OCH3 is 1. The number of aryl methyl sites for hydroxylation is 2. The van der Waals surface area contributed by atoms with E-state index >= 15 is 0 Å². The standard InChI is InChI=1S/C25H29NO/c1-21-13-15-23(16-14-21)19-26(17-7-11-22-8-4-3-5-9-22)20-24-10-6-12-25(18-24)27-2/h3-6,8-10,12-16,18H,7,11,17,19-20H2,1-2H3. The molecule has 140 valence electrons. The van der Waals surface area contributed by atoms with Crippen LogP contribution in [0.5, 0.6) is 5.75 Å². The molecule has 0 aliphatic carbocycles. The summed E-state index contributed by atoms with van der Waals surface area (Å²) in [6.45, 7) is 5.10. The van der Waals surface area contributed by atoms with Gasteiger partial charge in [-0.15, -0.1) is 0 Å². The van der Waals surface area contributed by atoms with Crippen molar-refractivity contribution in [2.75, 3.05) is 13.7 Å². The van der Waals surface area contributed by atoms with Crippen molar-refractivity contribution < 1.29 is 4.74 Å². The van der Waals surface area contributed by atoms with Crippen molar-refractivity contribution in [2.45, 2.75) is 32.9 Å². The largest absolute Gasteiger partial charge is 0.497 e. The van der Waals surface area contributed by atoms with Crippen molar-refractivity contribution in [1.82, 2.24) is 4.90 Å². The van der Waals surface area contributed by atoms with E-state index in [1.54, 1.807) is 7.11 Å².